The average Bonchev–Trinajstić information content (AvgIpc) is 2.65. The number of alkyl halides is 2. The molecule has 0 spiro atoms. The second kappa shape index (κ2) is 11.3. The van der Waals surface area contributed by atoms with Gasteiger partial charge in [0, 0.05) is 18.9 Å². The predicted molar refractivity (Wildman–Crippen MR) is 103 cm³/mol. The van der Waals surface area contributed by atoms with E-state index in [2.05, 4.69) is 6.92 Å². The zero-order valence-corrected chi connectivity index (χ0v) is 17.2. The largest absolute Gasteiger partial charge is 0.465 e. The van der Waals surface area contributed by atoms with Crippen LogP contribution in [0.1, 0.15) is 90.9 Å². The molecule has 2 saturated carbocycles. The summed E-state index contributed by atoms with van der Waals surface area (Å²) >= 11 is 0. The summed E-state index contributed by atoms with van der Waals surface area (Å²) in [6.45, 7) is 5.00. The summed E-state index contributed by atoms with van der Waals surface area (Å²) in [6.07, 6.45) is 10.2. The van der Waals surface area contributed by atoms with Gasteiger partial charge in [-0.2, -0.15) is 0 Å². The Balaban J connectivity index is 1.50. The molecule has 2 fully saturated rings. The highest BCUT2D eigenvalue weighted by Crippen LogP contribution is 2.42. The molecule has 2 aliphatic rings. The molecule has 3 nitrogen and oxygen atoms in total. The second-order valence-corrected chi connectivity index (χ2v) is 8.67. The van der Waals surface area contributed by atoms with Crippen molar-refractivity contribution in [2.45, 2.75) is 103 Å². The highest BCUT2D eigenvalue weighted by atomic mass is 19.3. The van der Waals surface area contributed by atoms with E-state index in [0.29, 0.717) is 19.6 Å². The van der Waals surface area contributed by atoms with Crippen LogP contribution in [0.2, 0.25) is 0 Å². The molecular weight excluding hydrogens is 350 g/mol. The summed E-state index contributed by atoms with van der Waals surface area (Å²) in [7, 11) is 0. The van der Waals surface area contributed by atoms with Crippen LogP contribution in [-0.2, 0) is 14.3 Å². The van der Waals surface area contributed by atoms with E-state index in [1.807, 2.05) is 0 Å². The van der Waals surface area contributed by atoms with Gasteiger partial charge in [-0.1, -0.05) is 33.1 Å². The lowest BCUT2D eigenvalue weighted by Crippen LogP contribution is -2.34. The van der Waals surface area contributed by atoms with Crippen LogP contribution in [0.4, 0.5) is 8.78 Å². The number of halogens is 2. The molecule has 0 aromatic carbocycles. The number of hydrogen-bond donors (Lipinski definition) is 0. The van der Waals surface area contributed by atoms with Crippen molar-refractivity contribution in [3.8, 4) is 0 Å². The van der Waals surface area contributed by atoms with Crippen LogP contribution in [0, 0.1) is 17.8 Å². The molecule has 0 bridgehead atoms. The third-order valence-electron chi connectivity index (χ3n) is 6.40. The molecule has 0 heterocycles. The van der Waals surface area contributed by atoms with Gasteiger partial charge < -0.3 is 9.47 Å². The topological polar surface area (TPSA) is 35.5 Å². The normalized spacial score (nSPS) is 30.8. The Morgan fingerprint density at radius 1 is 1.00 bits per heavy atom. The first-order valence-corrected chi connectivity index (χ1v) is 11.1. The molecular formula is C22H38F2O3. The highest BCUT2D eigenvalue weighted by molar-refractivity contribution is 5.72. The van der Waals surface area contributed by atoms with E-state index in [1.165, 1.54) is 0 Å². The van der Waals surface area contributed by atoms with Gasteiger partial charge in [0.1, 0.15) is 0 Å². The van der Waals surface area contributed by atoms with Crippen molar-refractivity contribution in [1.82, 2.24) is 0 Å². The summed E-state index contributed by atoms with van der Waals surface area (Å²) in [4.78, 5) is 12.0. The standard InChI is InChI=1S/C22H38F2O3/c1-3-4-14-27-21(25)19-10-12-20(13-11-19)26-15-6-5-7-18-9-8-17(2)22(23,24)16-18/h17-20H,3-16H2,1-2H3. The second-order valence-electron chi connectivity index (χ2n) is 8.67. The van der Waals surface area contributed by atoms with Gasteiger partial charge in [0.25, 0.3) is 5.92 Å². The van der Waals surface area contributed by atoms with Crippen molar-refractivity contribution in [3.05, 3.63) is 0 Å². The molecule has 0 N–H and O–H groups in total. The van der Waals surface area contributed by atoms with E-state index in [0.717, 1.165) is 64.2 Å². The van der Waals surface area contributed by atoms with Crippen molar-refractivity contribution >= 4 is 5.97 Å². The molecule has 2 rings (SSSR count). The summed E-state index contributed by atoms with van der Waals surface area (Å²) < 4.78 is 38.8. The van der Waals surface area contributed by atoms with Crippen molar-refractivity contribution in [3.63, 3.8) is 0 Å². The minimum Gasteiger partial charge on any atom is -0.465 e. The lowest BCUT2D eigenvalue weighted by Gasteiger charge is -2.34. The molecule has 2 aliphatic carbocycles. The molecule has 0 aliphatic heterocycles. The smallest absolute Gasteiger partial charge is 0.308 e. The Morgan fingerprint density at radius 3 is 2.41 bits per heavy atom. The van der Waals surface area contributed by atoms with Gasteiger partial charge in [0.05, 0.1) is 18.6 Å². The van der Waals surface area contributed by atoms with Gasteiger partial charge in [0.2, 0.25) is 0 Å². The minimum atomic E-state index is -2.48. The molecule has 158 valence electrons. The van der Waals surface area contributed by atoms with Crippen LogP contribution in [0.3, 0.4) is 0 Å². The van der Waals surface area contributed by atoms with Gasteiger partial charge >= 0.3 is 5.97 Å². The van der Waals surface area contributed by atoms with E-state index < -0.39 is 11.8 Å². The molecule has 2 atom stereocenters. The number of ether oxygens (including phenoxy) is 2. The predicted octanol–water partition coefficient (Wildman–Crippen LogP) is 6.15. The number of rotatable bonds is 10. The molecule has 0 aromatic rings. The zero-order valence-electron chi connectivity index (χ0n) is 17.2. The van der Waals surface area contributed by atoms with Crippen molar-refractivity contribution < 1.29 is 23.0 Å². The molecule has 0 amide bonds. The summed E-state index contributed by atoms with van der Waals surface area (Å²) in [6, 6.07) is 0. The molecule has 27 heavy (non-hydrogen) atoms. The van der Waals surface area contributed by atoms with Crippen molar-refractivity contribution in [1.29, 1.82) is 0 Å². The third-order valence-corrected chi connectivity index (χ3v) is 6.40. The first-order chi connectivity index (χ1) is 12.9. The molecule has 5 heteroatoms. The van der Waals surface area contributed by atoms with Gasteiger partial charge in [-0.3, -0.25) is 4.79 Å². The fraction of sp³-hybridized carbons (Fsp3) is 0.955. The van der Waals surface area contributed by atoms with E-state index in [1.54, 1.807) is 6.92 Å². The lowest BCUT2D eigenvalue weighted by molar-refractivity contribution is -0.150. The van der Waals surface area contributed by atoms with Crippen LogP contribution in [-0.4, -0.2) is 31.2 Å². The molecule has 2 unspecified atom stereocenters. The maximum atomic E-state index is 13.8. The minimum absolute atomic E-state index is 0.0390. The summed E-state index contributed by atoms with van der Waals surface area (Å²) in [5.74, 6) is -2.77. The van der Waals surface area contributed by atoms with E-state index >= 15 is 0 Å². The van der Waals surface area contributed by atoms with Gasteiger partial charge in [0.15, 0.2) is 0 Å². The maximum absolute atomic E-state index is 13.8. The molecule has 0 radical (unpaired) electrons. The Kier molecular flexibility index (Phi) is 9.47. The first kappa shape index (κ1) is 22.6. The van der Waals surface area contributed by atoms with Crippen molar-refractivity contribution in [2.75, 3.05) is 13.2 Å². The van der Waals surface area contributed by atoms with Crippen LogP contribution < -0.4 is 0 Å². The van der Waals surface area contributed by atoms with Crippen molar-refractivity contribution in [2.24, 2.45) is 17.8 Å². The monoisotopic (exact) mass is 388 g/mol. The number of carbonyl (C=O) groups excluding carboxylic acids is 1. The van der Waals surface area contributed by atoms with E-state index in [-0.39, 0.29) is 30.3 Å². The Bertz CT molecular complexity index is 433. The fourth-order valence-corrected chi connectivity index (χ4v) is 4.32. The summed E-state index contributed by atoms with van der Waals surface area (Å²) in [5, 5.41) is 0. The van der Waals surface area contributed by atoms with Crippen LogP contribution in [0.5, 0.6) is 0 Å². The van der Waals surface area contributed by atoms with Gasteiger partial charge in [-0.15, -0.1) is 0 Å². The van der Waals surface area contributed by atoms with Crippen LogP contribution in [0.25, 0.3) is 0 Å². The number of esters is 1. The average molecular weight is 389 g/mol. The van der Waals surface area contributed by atoms with E-state index in [9.17, 15) is 13.6 Å². The van der Waals surface area contributed by atoms with Crippen LogP contribution >= 0.6 is 0 Å². The summed E-state index contributed by atoms with van der Waals surface area (Å²) in [5.41, 5.74) is 0. The van der Waals surface area contributed by atoms with Gasteiger partial charge in [-0.25, -0.2) is 8.78 Å². The van der Waals surface area contributed by atoms with Gasteiger partial charge in [-0.05, 0) is 57.3 Å². The quantitative estimate of drug-likeness (QED) is 0.333. The fourth-order valence-electron chi connectivity index (χ4n) is 4.32. The SMILES string of the molecule is CCCCOC(=O)C1CCC(OCCCCC2CCC(C)C(F)(F)C2)CC1. The lowest BCUT2D eigenvalue weighted by atomic mass is 9.78. The number of carbonyl (C=O) groups is 1. The van der Waals surface area contributed by atoms with Crippen LogP contribution in [0.15, 0.2) is 0 Å². The number of unbranched alkanes of at least 4 members (excludes halogenated alkanes) is 2. The Labute approximate surface area is 163 Å². The highest BCUT2D eigenvalue weighted by Gasteiger charge is 2.41. The zero-order chi connectivity index (χ0) is 19.7. The molecule has 0 aromatic heterocycles. The Morgan fingerprint density at radius 2 is 1.74 bits per heavy atom. The number of hydrogen-bond acceptors (Lipinski definition) is 3. The molecule has 0 saturated heterocycles. The third kappa shape index (κ3) is 7.67. The van der Waals surface area contributed by atoms with E-state index in [4.69, 9.17) is 9.47 Å². The maximum Gasteiger partial charge on any atom is 0.308 e. The Hall–Kier alpha value is -0.710. The first-order valence-electron chi connectivity index (χ1n) is 11.1.